The first-order valence-corrected chi connectivity index (χ1v) is 17.2. The summed E-state index contributed by atoms with van der Waals surface area (Å²) in [5.74, 6) is 1.06. The van der Waals surface area contributed by atoms with Crippen LogP contribution in [-0.4, -0.2) is 64.6 Å². The van der Waals surface area contributed by atoms with Crippen molar-refractivity contribution in [1.82, 2.24) is 14.8 Å². The standard InChI is InChI=1S/C36H46FN3O2S/c1-3-32-35(43-34(38-32)20-26-10-12-30(37)13-11-26)27-14-16-39(17-15-27)21-29-22-40(33(36(41)42)19-25-7-5-8-25)23-31(29)28-9-4-6-24(2)18-28/h4,6,9-13,18,25,27,29,31,33H,3,5,7-8,14-17,19-23H2,1-2H3,(H,41,42)/t29-,31+,33+/m0/s1. The number of carboxylic acids is 1. The molecule has 0 spiro atoms. The fraction of sp³-hybridized carbons (Fsp3) is 0.556. The number of carbonyl (C=O) groups is 1. The molecule has 1 aromatic heterocycles. The van der Waals surface area contributed by atoms with Crippen LogP contribution < -0.4 is 0 Å². The zero-order chi connectivity index (χ0) is 29.9. The van der Waals surface area contributed by atoms with E-state index in [2.05, 4.69) is 47.9 Å². The smallest absolute Gasteiger partial charge is 0.320 e. The summed E-state index contributed by atoms with van der Waals surface area (Å²) in [5.41, 5.74) is 4.97. The van der Waals surface area contributed by atoms with E-state index >= 15 is 0 Å². The van der Waals surface area contributed by atoms with Crippen LogP contribution in [0.2, 0.25) is 0 Å². The second kappa shape index (κ2) is 13.6. The van der Waals surface area contributed by atoms with Crippen LogP contribution in [0.15, 0.2) is 48.5 Å². The lowest BCUT2D eigenvalue weighted by Gasteiger charge is -2.35. The number of hydrogen-bond donors (Lipinski definition) is 1. The third-order valence-corrected chi connectivity index (χ3v) is 11.5. The summed E-state index contributed by atoms with van der Waals surface area (Å²) < 4.78 is 13.4. The Labute approximate surface area is 260 Å². The number of aliphatic carboxylic acids is 1. The number of rotatable bonds is 11. The zero-order valence-electron chi connectivity index (χ0n) is 25.7. The monoisotopic (exact) mass is 603 g/mol. The van der Waals surface area contributed by atoms with Gasteiger partial charge < -0.3 is 10.0 Å². The maximum Gasteiger partial charge on any atom is 0.320 e. The van der Waals surface area contributed by atoms with Crippen molar-refractivity contribution >= 4 is 17.3 Å². The predicted octanol–water partition coefficient (Wildman–Crippen LogP) is 7.28. The van der Waals surface area contributed by atoms with Gasteiger partial charge in [0.25, 0.3) is 0 Å². The Hall–Kier alpha value is -2.61. The van der Waals surface area contributed by atoms with Gasteiger partial charge in [0.1, 0.15) is 11.9 Å². The Kier molecular flexibility index (Phi) is 9.60. The van der Waals surface area contributed by atoms with E-state index in [9.17, 15) is 14.3 Å². The van der Waals surface area contributed by atoms with Crippen molar-refractivity contribution < 1.29 is 14.3 Å². The van der Waals surface area contributed by atoms with Gasteiger partial charge in [0.05, 0.1) is 10.7 Å². The molecular weight excluding hydrogens is 557 g/mol. The summed E-state index contributed by atoms with van der Waals surface area (Å²) in [5, 5.41) is 11.3. The van der Waals surface area contributed by atoms with Gasteiger partial charge in [0, 0.05) is 36.9 Å². The Morgan fingerprint density at radius 1 is 1.09 bits per heavy atom. The normalized spacial score (nSPS) is 23.0. The molecular formula is C36H46FN3O2S. The first kappa shape index (κ1) is 30.4. The van der Waals surface area contributed by atoms with Crippen LogP contribution in [0.1, 0.15) is 89.6 Å². The Morgan fingerprint density at radius 3 is 2.51 bits per heavy atom. The molecule has 2 aliphatic heterocycles. The number of benzene rings is 2. The number of likely N-dealkylation sites (tertiary alicyclic amines) is 2. The first-order valence-electron chi connectivity index (χ1n) is 16.3. The van der Waals surface area contributed by atoms with Gasteiger partial charge in [0.15, 0.2) is 0 Å². The zero-order valence-corrected chi connectivity index (χ0v) is 26.5. The largest absolute Gasteiger partial charge is 0.480 e. The molecule has 230 valence electrons. The van der Waals surface area contributed by atoms with E-state index in [1.54, 1.807) is 0 Å². The highest BCUT2D eigenvalue weighted by Crippen LogP contribution is 2.40. The molecule has 1 saturated carbocycles. The summed E-state index contributed by atoms with van der Waals surface area (Å²) in [7, 11) is 0. The minimum atomic E-state index is -0.647. The minimum Gasteiger partial charge on any atom is -0.480 e. The van der Waals surface area contributed by atoms with E-state index in [4.69, 9.17) is 4.98 Å². The number of piperidine rings is 1. The lowest BCUT2D eigenvalue weighted by atomic mass is 9.80. The molecule has 43 heavy (non-hydrogen) atoms. The Bertz CT molecular complexity index is 1380. The third kappa shape index (κ3) is 7.21. The summed E-state index contributed by atoms with van der Waals surface area (Å²) in [6.07, 6.45) is 8.38. The van der Waals surface area contributed by atoms with Crippen molar-refractivity contribution in [2.75, 3.05) is 32.7 Å². The molecule has 0 amide bonds. The second-order valence-corrected chi connectivity index (χ2v) is 14.4. The molecule has 0 bridgehead atoms. The van der Waals surface area contributed by atoms with E-state index < -0.39 is 5.97 Å². The molecule has 0 radical (unpaired) electrons. The SMILES string of the molecule is CCc1nc(Cc2ccc(F)cc2)sc1C1CCN(C[C@H]2CN([C@H](CC3CCC3)C(=O)O)C[C@@H]2c2cccc(C)c2)CC1. The first-order chi connectivity index (χ1) is 20.9. The van der Waals surface area contributed by atoms with Gasteiger partial charge >= 0.3 is 5.97 Å². The van der Waals surface area contributed by atoms with Crippen molar-refractivity contribution in [3.05, 3.63) is 86.6 Å². The molecule has 7 heteroatoms. The maximum atomic E-state index is 13.4. The van der Waals surface area contributed by atoms with E-state index in [1.807, 2.05) is 23.5 Å². The van der Waals surface area contributed by atoms with Crippen molar-refractivity contribution in [2.24, 2.45) is 11.8 Å². The molecule has 1 N–H and O–H groups in total. The fourth-order valence-corrected chi connectivity index (χ4v) is 8.98. The lowest BCUT2D eigenvalue weighted by molar-refractivity contribution is -0.144. The summed E-state index contributed by atoms with van der Waals surface area (Å²) >= 11 is 1.85. The number of hydrogen-bond acceptors (Lipinski definition) is 5. The molecule has 5 nitrogen and oxygen atoms in total. The molecule has 0 unspecified atom stereocenters. The average Bonchev–Trinajstić information content (AvgIpc) is 3.58. The van der Waals surface area contributed by atoms with Gasteiger partial charge in [-0.25, -0.2) is 9.37 Å². The molecule has 3 atom stereocenters. The Morgan fingerprint density at radius 2 is 1.86 bits per heavy atom. The highest BCUT2D eigenvalue weighted by atomic mass is 32.1. The van der Waals surface area contributed by atoms with Gasteiger partial charge in [-0.05, 0) is 86.7 Å². The van der Waals surface area contributed by atoms with Crippen LogP contribution in [-0.2, 0) is 17.6 Å². The van der Waals surface area contributed by atoms with E-state index in [0.29, 0.717) is 23.7 Å². The molecule has 3 heterocycles. The van der Waals surface area contributed by atoms with Crippen LogP contribution in [0, 0.1) is 24.6 Å². The van der Waals surface area contributed by atoms with Gasteiger partial charge in [-0.15, -0.1) is 11.3 Å². The Balaban J connectivity index is 1.11. The third-order valence-electron chi connectivity index (χ3n) is 10.3. The van der Waals surface area contributed by atoms with E-state index in [0.717, 1.165) is 75.4 Å². The molecule has 3 aromatic rings. The average molecular weight is 604 g/mol. The van der Waals surface area contributed by atoms with Crippen molar-refractivity contribution in [3.63, 3.8) is 0 Å². The van der Waals surface area contributed by atoms with Gasteiger partial charge in [-0.2, -0.15) is 0 Å². The number of aromatic nitrogens is 1. The lowest BCUT2D eigenvalue weighted by Crippen LogP contribution is -2.43. The van der Waals surface area contributed by atoms with Crippen LogP contribution in [0.4, 0.5) is 4.39 Å². The number of halogens is 1. The van der Waals surface area contributed by atoms with Crippen molar-refractivity contribution in [3.8, 4) is 0 Å². The van der Waals surface area contributed by atoms with Crippen LogP contribution in [0.25, 0.3) is 0 Å². The summed E-state index contributed by atoms with van der Waals surface area (Å²) in [4.78, 5) is 23.8. The quantitative estimate of drug-likeness (QED) is 0.250. The van der Waals surface area contributed by atoms with E-state index in [1.165, 1.54) is 53.1 Å². The summed E-state index contributed by atoms with van der Waals surface area (Å²) in [6, 6.07) is 15.3. The number of nitrogens with zero attached hydrogens (tertiary/aromatic N) is 3. The topological polar surface area (TPSA) is 56.7 Å². The van der Waals surface area contributed by atoms with Gasteiger partial charge in [-0.1, -0.05) is 68.1 Å². The summed E-state index contributed by atoms with van der Waals surface area (Å²) in [6.45, 7) is 9.22. The second-order valence-electron chi connectivity index (χ2n) is 13.3. The minimum absolute atomic E-state index is 0.199. The highest BCUT2D eigenvalue weighted by molar-refractivity contribution is 7.11. The molecule has 1 aliphatic carbocycles. The molecule has 3 aliphatic rings. The van der Waals surface area contributed by atoms with Crippen LogP contribution in [0.5, 0.6) is 0 Å². The van der Waals surface area contributed by atoms with Crippen LogP contribution in [0.3, 0.4) is 0 Å². The highest BCUT2D eigenvalue weighted by Gasteiger charge is 2.41. The van der Waals surface area contributed by atoms with Gasteiger partial charge in [0.2, 0.25) is 0 Å². The fourth-order valence-electron chi connectivity index (χ4n) is 7.62. The molecule has 6 rings (SSSR count). The molecule has 2 saturated heterocycles. The molecule has 3 fully saturated rings. The van der Waals surface area contributed by atoms with Crippen molar-refractivity contribution in [2.45, 2.75) is 83.1 Å². The number of carboxylic acid groups (broad SMARTS) is 1. The van der Waals surface area contributed by atoms with E-state index in [-0.39, 0.29) is 11.9 Å². The van der Waals surface area contributed by atoms with Crippen LogP contribution >= 0.6 is 11.3 Å². The predicted molar refractivity (Wildman–Crippen MR) is 171 cm³/mol. The number of aryl methyl sites for hydroxylation is 2. The van der Waals surface area contributed by atoms with Crippen molar-refractivity contribution in [1.29, 1.82) is 0 Å². The van der Waals surface area contributed by atoms with Gasteiger partial charge in [-0.3, -0.25) is 9.69 Å². The number of thiazole rings is 1. The maximum absolute atomic E-state index is 13.4. The molecule has 2 aromatic carbocycles.